The van der Waals surface area contributed by atoms with E-state index in [0.29, 0.717) is 4.88 Å². The molecule has 2 heterocycles. The van der Waals surface area contributed by atoms with Crippen LogP contribution in [0.15, 0.2) is 10.7 Å². The maximum Gasteiger partial charge on any atom is 0.263 e. The summed E-state index contributed by atoms with van der Waals surface area (Å²) in [7, 11) is 0. The van der Waals surface area contributed by atoms with Crippen molar-refractivity contribution in [2.45, 2.75) is 53.0 Å². The van der Waals surface area contributed by atoms with E-state index in [1.54, 1.807) is 6.20 Å². The maximum absolute atomic E-state index is 11.9. The van der Waals surface area contributed by atoms with Gasteiger partial charge < -0.3 is 9.84 Å². The molecule has 0 saturated heterocycles. The first-order valence-corrected chi connectivity index (χ1v) is 8.72. The molecule has 0 aromatic carbocycles. The molecule has 0 aliphatic rings. The second-order valence-electron chi connectivity index (χ2n) is 5.73. The van der Waals surface area contributed by atoms with Crippen LogP contribution in [-0.2, 0) is 6.42 Å². The number of unbranched alkanes of at least 4 members (excludes halogenated alkanes) is 1. The zero-order valence-corrected chi connectivity index (χ0v) is 14.9. The number of amides is 1. The predicted octanol–water partition coefficient (Wildman–Crippen LogP) is 4.09. The fourth-order valence-corrected chi connectivity index (χ4v) is 2.84. The quantitative estimate of drug-likeness (QED) is 0.828. The number of rotatable bonds is 7. The monoisotopic (exact) mass is 333 g/mol. The molecule has 0 saturated carbocycles. The smallest absolute Gasteiger partial charge is 0.263 e. The first-order chi connectivity index (χ1) is 11.0. The van der Waals surface area contributed by atoms with Crippen LogP contribution in [0, 0.1) is 6.92 Å². The van der Waals surface area contributed by atoms with E-state index < -0.39 is 0 Å². The summed E-state index contributed by atoms with van der Waals surface area (Å²) in [6, 6.07) is 0.115. The zero-order chi connectivity index (χ0) is 16.8. The third-order valence-electron chi connectivity index (χ3n) is 3.31. The van der Waals surface area contributed by atoms with Gasteiger partial charge in [-0.3, -0.25) is 4.79 Å². The molecule has 2 aromatic rings. The summed E-state index contributed by atoms with van der Waals surface area (Å²) in [5.41, 5.74) is 2.00. The van der Waals surface area contributed by atoms with Crippen molar-refractivity contribution >= 4 is 29.4 Å². The Morgan fingerprint density at radius 2 is 2.22 bits per heavy atom. The van der Waals surface area contributed by atoms with Crippen LogP contribution in [0.3, 0.4) is 0 Å². The SMILES string of the molecule is CCCCc1noc(C)c1C=Cc1ncc(C(=O)NC(C)C)s1. The van der Waals surface area contributed by atoms with E-state index in [2.05, 4.69) is 22.4 Å². The van der Waals surface area contributed by atoms with Crippen molar-refractivity contribution in [1.29, 1.82) is 0 Å². The van der Waals surface area contributed by atoms with Gasteiger partial charge in [-0.1, -0.05) is 18.5 Å². The summed E-state index contributed by atoms with van der Waals surface area (Å²) >= 11 is 1.37. The molecule has 0 atom stereocenters. The van der Waals surface area contributed by atoms with E-state index in [4.69, 9.17) is 4.52 Å². The Morgan fingerprint density at radius 1 is 1.43 bits per heavy atom. The number of carbonyl (C=O) groups is 1. The van der Waals surface area contributed by atoms with Crippen LogP contribution >= 0.6 is 11.3 Å². The topological polar surface area (TPSA) is 68.0 Å². The number of aromatic nitrogens is 2. The molecule has 1 N–H and O–H groups in total. The van der Waals surface area contributed by atoms with E-state index >= 15 is 0 Å². The zero-order valence-electron chi connectivity index (χ0n) is 14.0. The van der Waals surface area contributed by atoms with Gasteiger partial charge in [-0.25, -0.2) is 4.98 Å². The van der Waals surface area contributed by atoms with Crippen LogP contribution in [0.5, 0.6) is 0 Å². The number of hydrogen-bond donors (Lipinski definition) is 1. The third kappa shape index (κ3) is 4.76. The first kappa shape index (κ1) is 17.4. The van der Waals surface area contributed by atoms with E-state index in [-0.39, 0.29) is 11.9 Å². The lowest BCUT2D eigenvalue weighted by Gasteiger charge is -2.05. The van der Waals surface area contributed by atoms with Gasteiger partial charge in [0.2, 0.25) is 0 Å². The Kier molecular flexibility index (Phi) is 6.10. The normalized spacial score (nSPS) is 11.5. The second-order valence-corrected chi connectivity index (χ2v) is 6.79. The van der Waals surface area contributed by atoms with Crippen molar-refractivity contribution in [3.63, 3.8) is 0 Å². The summed E-state index contributed by atoms with van der Waals surface area (Å²) in [5, 5.41) is 7.78. The Balaban J connectivity index is 2.10. The number of hydrogen-bond acceptors (Lipinski definition) is 5. The lowest BCUT2D eigenvalue weighted by molar-refractivity contribution is 0.0947. The molecule has 1 amide bonds. The summed E-state index contributed by atoms with van der Waals surface area (Å²) in [4.78, 5) is 16.8. The summed E-state index contributed by atoms with van der Waals surface area (Å²) in [6.07, 6.45) is 8.61. The number of nitrogens with one attached hydrogen (secondary N) is 1. The standard InChI is InChI=1S/C17H23N3O2S/c1-5-6-7-14-13(12(4)22-20-14)8-9-16-18-10-15(23-16)17(21)19-11(2)3/h8-11H,5-7H2,1-4H3,(H,19,21). The molecule has 6 heteroatoms. The number of aryl methyl sites for hydroxylation is 2. The molecule has 0 aliphatic carbocycles. The number of thiazole rings is 1. The van der Waals surface area contributed by atoms with Crippen LogP contribution in [0.4, 0.5) is 0 Å². The average Bonchev–Trinajstić information content (AvgIpc) is 3.09. The molecule has 2 aromatic heterocycles. The van der Waals surface area contributed by atoms with Crippen molar-refractivity contribution in [3.8, 4) is 0 Å². The highest BCUT2D eigenvalue weighted by atomic mass is 32.1. The third-order valence-corrected chi connectivity index (χ3v) is 4.27. The first-order valence-electron chi connectivity index (χ1n) is 7.91. The molecule has 0 unspecified atom stereocenters. The van der Waals surface area contributed by atoms with E-state index in [0.717, 1.165) is 41.3 Å². The Labute approximate surface area is 140 Å². The van der Waals surface area contributed by atoms with E-state index in [1.165, 1.54) is 11.3 Å². The van der Waals surface area contributed by atoms with E-state index in [1.807, 2.05) is 32.9 Å². The van der Waals surface area contributed by atoms with Crippen molar-refractivity contribution in [2.75, 3.05) is 0 Å². The molecule has 2 rings (SSSR count). The van der Waals surface area contributed by atoms with Gasteiger partial charge in [0.1, 0.15) is 15.6 Å². The molecular formula is C17H23N3O2S. The number of nitrogens with zero attached hydrogens (tertiary/aromatic N) is 2. The summed E-state index contributed by atoms with van der Waals surface area (Å²) in [6.45, 7) is 7.94. The van der Waals surface area contributed by atoms with Gasteiger partial charge in [0.25, 0.3) is 5.91 Å². The lowest BCUT2D eigenvalue weighted by Crippen LogP contribution is -2.29. The molecule has 23 heavy (non-hydrogen) atoms. The van der Waals surface area contributed by atoms with Crippen molar-refractivity contribution < 1.29 is 9.32 Å². The van der Waals surface area contributed by atoms with Gasteiger partial charge in [-0.2, -0.15) is 0 Å². The van der Waals surface area contributed by atoms with Crippen LogP contribution in [0.1, 0.15) is 65.3 Å². The van der Waals surface area contributed by atoms with Crippen molar-refractivity contribution in [1.82, 2.24) is 15.5 Å². The van der Waals surface area contributed by atoms with E-state index in [9.17, 15) is 4.79 Å². The molecule has 0 bridgehead atoms. The van der Waals surface area contributed by atoms with Gasteiger partial charge in [0.15, 0.2) is 0 Å². The number of carbonyl (C=O) groups excluding carboxylic acids is 1. The fourth-order valence-electron chi connectivity index (χ4n) is 2.12. The van der Waals surface area contributed by atoms with Crippen LogP contribution in [-0.4, -0.2) is 22.1 Å². The summed E-state index contributed by atoms with van der Waals surface area (Å²) in [5.74, 6) is 0.726. The van der Waals surface area contributed by atoms with Crippen molar-refractivity contribution in [2.24, 2.45) is 0 Å². The Morgan fingerprint density at radius 3 is 2.91 bits per heavy atom. The van der Waals surface area contributed by atoms with Gasteiger partial charge in [0, 0.05) is 11.6 Å². The fraction of sp³-hybridized carbons (Fsp3) is 0.471. The molecule has 0 aliphatic heterocycles. The minimum atomic E-state index is -0.0815. The Hall–Kier alpha value is -1.95. The van der Waals surface area contributed by atoms with Crippen LogP contribution < -0.4 is 5.32 Å². The van der Waals surface area contributed by atoms with Gasteiger partial charge >= 0.3 is 0 Å². The molecule has 124 valence electrons. The molecule has 5 nitrogen and oxygen atoms in total. The Bertz CT molecular complexity index is 686. The van der Waals surface area contributed by atoms with Crippen LogP contribution in [0.2, 0.25) is 0 Å². The largest absolute Gasteiger partial charge is 0.361 e. The maximum atomic E-state index is 11.9. The molecule has 0 radical (unpaired) electrons. The van der Waals surface area contributed by atoms with Gasteiger partial charge in [0.05, 0.1) is 11.9 Å². The van der Waals surface area contributed by atoms with Crippen LogP contribution in [0.25, 0.3) is 12.2 Å². The highest BCUT2D eigenvalue weighted by molar-refractivity contribution is 7.14. The average molecular weight is 333 g/mol. The highest BCUT2D eigenvalue weighted by Gasteiger charge is 2.12. The minimum Gasteiger partial charge on any atom is -0.361 e. The predicted molar refractivity (Wildman–Crippen MR) is 93.5 cm³/mol. The molecular weight excluding hydrogens is 310 g/mol. The molecule has 0 fully saturated rings. The van der Waals surface area contributed by atoms with Gasteiger partial charge in [-0.15, -0.1) is 11.3 Å². The van der Waals surface area contributed by atoms with Gasteiger partial charge in [-0.05, 0) is 45.8 Å². The molecule has 0 spiro atoms. The van der Waals surface area contributed by atoms with Crippen molar-refractivity contribution in [3.05, 3.63) is 33.1 Å². The summed E-state index contributed by atoms with van der Waals surface area (Å²) < 4.78 is 5.29. The second kappa shape index (κ2) is 8.06. The minimum absolute atomic E-state index is 0.0815. The lowest BCUT2D eigenvalue weighted by atomic mass is 10.1. The highest BCUT2D eigenvalue weighted by Crippen LogP contribution is 2.21.